The van der Waals surface area contributed by atoms with Crippen LogP contribution in [0.25, 0.3) is 20.2 Å². The van der Waals surface area contributed by atoms with Crippen LogP contribution in [0.5, 0.6) is 5.75 Å². The van der Waals surface area contributed by atoms with Crippen LogP contribution in [-0.4, -0.2) is 15.0 Å². The molecule has 0 spiro atoms. The number of fused-ring (bicyclic) bond motifs is 2. The van der Waals surface area contributed by atoms with E-state index in [1.807, 2.05) is 36.4 Å². The number of hydrogen-bond acceptors (Lipinski definition) is 5. The van der Waals surface area contributed by atoms with E-state index in [4.69, 9.17) is 4.74 Å². The number of aromatic nitrogens is 2. The number of benzene rings is 2. The quantitative estimate of drug-likeness (QED) is 0.563. The average molecular weight is 358 g/mol. The van der Waals surface area contributed by atoms with E-state index in [0.29, 0.717) is 24.2 Å². The van der Waals surface area contributed by atoms with Crippen LogP contribution in [0.1, 0.15) is 0 Å². The molecule has 7 heteroatoms. The average Bonchev–Trinajstić information content (AvgIpc) is 3.10. The Hall–Kier alpha value is -2.38. The fourth-order valence-electron chi connectivity index (χ4n) is 2.67. The fourth-order valence-corrected chi connectivity index (χ4v) is 4.62. The Morgan fingerprint density at radius 1 is 0.875 bits per heavy atom. The van der Waals surface area contributed by atoms with Crippen molar-refractivity contribution in [2.45, 2.75) is 13.1 Å². The fraction of sp³-hybridized carbons (Fsp3) is 0.176. The smallest absolute Gasteiger partial charge is 0.268 e. The second-order valence-corrected chi connectivity index (χ2v) is 7.48. The van der Waals surface area contributed by atoms with Crippen LogP contribution >= 0.6 is 23.1 Å². The maximum atomic E-state index is 12.5. The minimum Gasteiger partial charge on any atom is -0.497 e. The van der Waals surface area contributed by atoms with Crippen molar-refractivity contribution in [1.29, 1.82) is 0 Å². The molecule has 4 rings (SSSR count). The summed E-state index contributed by atoms with van der Waals surface area (Å²) < 4.78 is 10.5. The Labute approximate surface area is 145 Å². The zero-order valence-corrected chi connectivity index (χ0v) is 14.5. The Morgan fingerprint density at radius 2 is 1.50 bits per heavy atom. The van der Waals surface area contributed by atoms with Gasteiger partial charge in [-0.25, -0.2) is 0 Å². The van der Waals surface area contributed by atoms with Gasteiger partial charge >= 0.3 is 0 Å². The monoisotopic (exact) mass is 358 g/mol. The molecule has 0 aliphatic rings. The van der Waals surface area contributed by atoms with Crippen LogP contribution in [0, 0.1) is 0 Å². The first-order valence-corrected chi connectivity index (χ1v) is 8.99. The van der Waals surface area contributed by atoms with Crippen molar-refractivity contribution < 1.29 is 4.74 Å². The third kappa shape index (κ3) is 2.46. The molecule has 0 amide bonds. The number of ether oxygens (including phenoxy) is 1. The van der Waals surface area contributed by atoms with E-state index >= 15 is 0 Å². The highest BCUT2D eigenvalue weighted by molar-refractivity contribution is 7.14. The van der Waals surface area contributed by atoms with E-state index in [-0.39, 0.29) is 11.1 Å². The minimum atomic E-state index is -0.0388. The lowest BCUT2D eigenvalue weighted by Crippen LogP contribution is -2.20. The Balaban J connectivity index is 1.67. The van der Waals surface area contributed by atoms with E-state index in [0.717, 1.165) is 14.8 Å². The topological polar surface area (TPSA) is 53.2 Å². The van der Waals surface area contributed by atoms with Crippen LogP contribution in [-0.2, 0) is 13.1 Å². The molecule has 0 atom stereocenters. The molecule has 0 unspecified atom stereocenters. The predicted octanol–water partition coefficient (Wildman–Crippen LogP) is 3.15. The molecule has 2 aromatic carbocycles. The van der Waals surface area contributed by atoms with Crippen molar-refractivity contribution in [1.82, 2.24) is 7.91 Å². The standard InChI is InChI=1S/C17H14N2O3S2/c1-22-11-6-7-15-13(10-11)17(21)19(24-15)9-8-18-16(20)12-4-2-3-5-14(12)23-18/h2-7,10H,8-9H2,1H3. The third-order valence-electron chi connectivity index (χ3n) is 3.91. The molecule has 4 aromatic rings. The molecule has 0 bridgehead atoms. The normalized spacial score (nSPS) is 11.4. The highest BCUT2D eigenvalue weighted by Crippen LogP contribution is 2.22. The van der Waals surface area contributed by atoms with Gasteiger partial charge in [0.25, 0.3) is 11.1 Å². The van der Waals surface area contributed by atoms with Crippen molar-refractivity contribution >= 4 is 43.2 Å². The van der Waals surface area contributed by atoms with Gasteiger partial charge in [-0.15, -0.1) is 0 Å². The molecule has 0 aliphatic heterocycles. The first-order valence-electron chi connectivity index (χ1n) is 7.44. The van der Waals surface area contributed by atoms with Crippen molar-refractivity contribution in [2.75, 3.05) is 7.11 Å². The van der Waals surface area contributed by atoms with Gasteiger partial charge in [0.15, 0.2) is 0 Å². The lowest BCUT2D eigenvalue weighted by Gasteiger charge is -2.00. The largest absolute Gasteiger partial charge is 0.497 e. The summed E-state index contributed by atoms with van der Waals surface area (Å²) in [5.41, 5.74) is -0.0329. The van der Waals surface area contributed by atoms with Crippen molar-refractivity contribution in [3.8, 4) is 5.75 Å². The summed E-state index contributed by atoms with van der Waals surface area (Å²) in [5.74, 6) is 0.672. The molecule has 24 heavy (non-hydrogen) atoms. The molecule has 5 nitrogen and oxygen atoms in total. The second-order valence-electron chi connectivity index (χ2n) is 5.36. The molecule has 0 fully saturated rings. The summed E-state index contributed by atoms with van der Waals surface area (Å²) in [5, 5.41) is 1.39. The summed E-state index contributed by atoms with van der Waals surface area (Å²) in [6.07, 6.45) is 0. The maximum Gasteiger partial charge on any atom is 0.268 e. The van der Waals surface area contributed by atoms with Gasteiger partial charge in [-0.1, -0.05) is 35.2 Å². The zero-order valence-electron chi connectivity index (χ0n) is 12.9. The number of methoxy groups -OCH3 is 1. The Morgan fingerprint density at radius 3 is 2.17 bits per heavy atom. The molecule has 2 aromatic heterocycles. The van der Waals surface area contributed by atoms with E-state index in [2.05, 4.69) is 0 Å². The molecule has 0 aliphatic carbocycles. The van der Waals surface area contributed by atoms with E-state index in [1.165, 1.54) is 23.1 Å². The molecule has 0 radical (unpaired) electrons. The number of hydrogen-bond donors (Lipinski definition) is 0. The zero-order chi connectivity index (χ0) is 16.7. The summed E-state index contributed by atoms with van der Waals surface area (Å²) in [6, 6.07) is 13.1. The summed E-state index contributed by atoms with van der Waals surface area (Å²) >= 11 is 2.85. The van der Waals surface area contributed by atoms with Gasteiger partial charge in [0.2, 0.25) is 0 Å². The van der Waals surface area contributed by atoms with Crippen LogP contribution in [0.15, 0.2) is 52.1 Å². The number of nitrogens with zero attached hydrogens (tertiary/aromatic N) is 2. The van der Waals surface area contributed by atoms with Crippen LogP contribution in [0.4, 0.5) is 0 Å². The van der Waals surface area contributed by atoms with E-state index in [1.54, 1.807) is 21.1 Å². The highest BCUT2D eigenvalue weighted by atomic mass is 32.1. The SMILES string of the molecule is COc1ccc2sn(CCn3sc4ccccc4c3=O)c(=O)c2c1. The third-order valence-corrected chi connectivity index (χ3v) is 6.15. The van der Waals surface area contributed by atoms with Crippen molar-refractivity contribution in [2.24, 2.45) is 0 Å². The lowest BCUT2D eigenvalue weighted by molar-refractivity contribution is 0.415. The number of aryl methyl sites for hydroxylation is 2. The van der Waals surface area contributed by atoms with E-state index in [9.17, 15) is 9.59 Å². The van der Waals surface area contributed by atoms with Crippen LogP contribution < -0.4 is 15.9 Å². The van der Waals surface area contributed by atoms with Gasteiger partial charge in [-0.05, 0) is 30.3 Å². The first kappa shape index (κ1) is 15.2. The van der Waals surface area contributed by atoms with Gasteiger partial charge in [-0.2, -0.15) is 0 Å². The summed E-state index contributed by atoms with van der Waals surface area (Å²) in [7, 11) is 1.58. The van der Waals surface area contributed by atoms with Crippen LogP contribution in [0.2, 0.25) is 0 Å². The molecule has 0 N–H and O–H groups in total. The lowest BCUT2D eigenvalue weighted by atomic mass is 10.2. The Bertz CT molecular complexity index is 1150. The number of rotatable bonds is 4. The molecular formula is C17H14N2O3S2. The van der Waals surface area contributed by atoms with Gasteiger partial charge in [0.05, 0.1) is 40.4 Å². The van der Waals surface area contributed by atoms with Gasteiger partial charge in [0.1, 0.15) is 5.75 Å². The molecule has 122 valence electrons. The van der Waals surface area contributed by atoms with Gasteiger partial charge in [-0.3, -0.25) is 17.5 Å². The summed E-state index contributed by atoms with van der Waals surface area (Å²) in [6.45, 7) is 0.968. The molecular weight excluding hydrogens is 344 g/mol. The minimum absolute atomic E-state index is 0.00595. The molecule has 0 saturated carbocycles. The van der Waals surface area contributed by atoms with E-state index < -0.39 is 0 Å². The van der Waals surface area contributed by atoms with Crippen molar-refractivity contribution in [3.63, 3.8) is 0 Å². The van der Waals surface area contributed by atoms with Crippen LogP contribution in [0.3, 0.4) is 0 Å². The maximum absolute atomic E-state index is 12.5. The second kappa shape index (κ2) is 5.92. The first-order chi connectivity index (χ1) is 11.7. The van der Waals surface area contributed by atoms with Gasteiger partial charge < -0.3 is 4.74 Å². The van der Waals surface area contributed by atoms with Crippen molar-refractivity contribution in [3.05, 3.63) is 63.2 Å². The predicted molar refractivity (Wildman–Crippen MR) is 98.7 cm³/mol. The Kier molecular flexibility index (Phi) is 3.74. The highest BCUT2D eigenvalue weighted by Gasteiger charge is 2.11. The molecule has 2 heterocycles. The molecule has 0 saturated heterocycles. The summed E-state index contributed by atoms with van der Waals surface area (Å²) in [4.78, 5) is 24.9. The van der Waals surface area contributed by atoms with Gasteiger partial charge in [0, 0.05) is 0 Å².